The Kier molecular flexibility index (Phi) is 1.90. The Morgan fingerprint density at radius 1 is 1.64 bits per heavy atom. The Morgan fingerprint density at radius 2 is 2.50 bits per heavy atom. The van der Waals surface area contributed by atoms with Crippen LogP contribution < -0.4 is 0 Å². The second-order valence-electron chi connectivity index (χ2n) is 4.52. The van der Waals surface area contributed by atoms with Gasteiger partial charge in [0.1, 0.15) is 0 Å². The SMILES string of the molecule is OCC12CC(CN1Cc1cscn1)C2. The van der Waals surface area contributed by atoms with E-state index in [4.69, 9.17) is 0 Å². The molecule has 1 aromatic rings. The Labute approximate surface area is 87.4 Å². The topological polar surface area (TPSA) is 36.4 Å². The molecule has 3 fully saturated rings. The first-order chi connectivity index (χ1) is 6.82. The molecule has 76 valence electrons. The number of hydrogen-bond donors (Lipinski definition) is 1. The highest BCUT2D eigenvalue weighted by atomic mass is 32.1. The van der Waals surface area contributed by atoms with E-state index in [1.54, 1.807) is 11.3 Å². The van der Waals surface area contributed by atoms with Gasteiger partial charge in [0, 0.05) is 24.0 Å². The smallest absolute Gasteiger partial charge is 0.0795 e. The number of thiazole rings is 1. The lowest BCUT2D eigenvalue weighted by Gasteiger charge is -2.40. The minimum atomic E-state index is 0.119. The molecule has 0 spiro atoms. The lowest BCUT2D eigenvalue weighted by Crippen LogP contribution is -2.48. The average molecular weight is 210 g/mol. The van der Waals surface area contributed by atoms with Gasteiger partial charge >= 0.3 is 0 Å². The summed E-state index contributed by atoms with van der Waals surface area (Å²) in [5, 5.41) is 11.5. The summed E-state index contributed by atoms with van der Waals surface area (Å²) in [6.07, 6.45) is 2.38. The molecule has 0 atom stereocenters. The number of aliphatic hydroxyl groups excluding tert-OH is 1. The van der Waals surface area contributed by atoms with E-state index in [0.717, 1.165) is 24.7 Å². The average Bonchev–Trinajstić information content (AvgIpc) is 2.77. The van der Waals surface area contributed by atoms with E-state index in [9.17, 15) is 5.11 Å². The zero-order chi connectivity index (χ0) is 9.60. The van der Waals surface area contributed by atoms with Crippen molar-refractivity contribution in [3.63, 3.8) is 0 Å². The molecule has 1 saturated carbocycles. The standard InChI is InChI=1S/C10H14N2OS/c13-6-10-1-8(2-10)3-12(10)4-9-5-14-7-11-9/h5,7-8,13H,1-4,6H2. The molecule has 0 aromatic carbocycles. The van der Waals surface area contributed by atoms with Crippen LogP contribution in [0.4, 0.5) is 0 Å². The molecule has 2 bridgehead atoms. The van der Waals surface area contributed by atoms with Gasteiger partial charge in [-0.25, -0.2) is 4.98 Å². The van der Waals surface area contributed by atoms with Crippen molar-refractivity contribution in [3.8, 4) is 0 Å². The van der Waals surface area contributed by atoms with E-state index < -0.39 is 0 Å². The van der Waals surface area contributed by atoms with Crippen LogP contribution in [0.5, 0.6) is 0 Å². The van der Waals surface area contributed by atoms with E-state index in [2.05, 4.69) is 15.3 Å². The maximum Gasteiger partial charge on any atom is 0.0795 e. The van der Waals surface area contributed by atoms with Gasteiger partial charge in [0.2, 0.25) is 0 Å². The van der Waals surface area contributed by atoms with Crippen molar-refractivity contribution >= 4 is 11.3 Å². The highest BCUT2D eigenvalue weighted by Crippen LogP contribution is 2.50. The van der Waals surface area contributed by atoms with E-state index in [0.29, 0.717) is 6.61 Å². The number of hydrogen-bond acceptors (Lipinski definition) is 4. The van der Waals surface area contributed by atoms with E-state index >= 15 is 0 Å². The number of rotatable bonds is 3. The molecule has 14 heavy (non-hydrogen) atoms. The predicted octanol–water partition coefficient (Wildman–Crippen LogP) is 1.10. The third-order valence-corrected chi connectivity index (χ3v) is 4.25. The van der Waals surface area contributed by atoms with Crippen LogP contribution in [0.15, 0.2) is 10.9 Å². The van der Waals surface area contributed by atoms with Crippen LogP contribution in [-0.4, -0.2) is 33.7 Å². The molecule has 3 heterocycles. The minimum Gasteiger partial charge on any atom is -0.394 e. The fraction of sp³-hybridized carbons (Fsp3) is 0.700. The van der Waals surface area contributed by atoms with Gasteiger partial charge < -0.3 is 5.11 Å². The Bertz CT molecular complexity index is 319. The molecule has 3 nitrogen and oxygen atoms in total. The number of fused-ring (bicyclic) bond motifs is 1. The van der Waals surface area contributed by atoms with Crippen molar-refractivity contribution in [2.45, 2.75) is 24.9 Å². The Hall–Kier alpha value is -0.450. The first-order valence-electron chi connectivity index (χ1n) is 5.05. The van der Waals surface area contributed by atoms with Gasteiger partial charge in [-0.3, -0.25) is 4.90 Å². The summed E-state index contributed by atoms with van der Waals surface area (Å²) in [4.78, 5) is 6.70. The summed E-state index contributed by atoms with van der Waals surface area (Å²) >= 11 is 1.64. The zero-order valence-corrected chi connectivity index (χ0v) is 8.83. The number of aliphatic hydroxyl groups is 1. The first-order valence-corrected chi connectivity index (χ1v) is 6.00. The van der Waals surface area contributed by atoms with E-state index in [1.165, 1.54) is 12.8 Å². The zero-order valence-electron chi connectivity index (χ0n) is 8.02. The summed E-state index contributed by atoms with van der Waals surface area (Å²) in [6, 6.07) is 0. The van der Waals surface area contributed by atoms with Crippen molar-refractivity contribution < 1.29 is 5.11 Å². The molecule has 1 N–H and O–H groups in total. The van der Waals surface area contributed by atoms with Gasteiger partial charge in [0.05, 0.1) is 17.8 Å². The Balaban J connectivity index is 1.74. The summed E-state index contributed by atoms with van der Waals surface area (Å²) < 4.78 is 0. The second kappa shape index (κ2) is 3.02. The van der Waals surface area contributed by atoms with Gasteiger partial charge in [0.15, 0.2) is 0 Å². The monoisotopic (exact) mass is 210 g/mol. The highest BCUT2D eigenvalue weighted by molar-refractivity contribution is 7.07. The van der Waals surface area contributed by atoms with Crippen LogP contribution >= 0.6 is 11.3 Å². The number of nitrogens with zero attached hydrogens (tertiary/aromatic N) is 2. The van der Waals surface area contributed by atoms with Crippen molar-refractivity contribution in [3.05, 3.63) is 16.6 Å². The third-order valence-electron chi connectivity index (χ3n) is 3.62. The van der Waals surface area contributed by atoms with Gasteiger partial charge in [-0.15, -0.1) is 11.3 Å². The normalized spacial score (nSPS) is 35.9. The maximum atomic E-state index is 9.40. The first kappa shape index (κ1) is 8.83. The lowest BCUT2D eigenvalue weighted by molar-refractivity contribution is 0.0330. The molecule has 1 aliphatic carbocycles. The molecule has 2 saturated heterocycles. The fourth-order valence-corrected chi connectivity index (χ4v) is 3.43. The number of aromatic nitrogens is 1. The molecule has 4 heteroatoms. The largest absolute Gasteiger partial charge is 0.394 e. The summed E-state index contributed by atoms with van der Waals surface area (Å²) in [6.45, 7) is 2.38. The van der Waals surface area contributed by atoms with Crippen LogP contribution in [0.25, 0.3) is 0 Å². The van der Waals surface area contributed by atoms with Gasteiger partial charge in [-0.05, 0) is 18.8 Å². The molecule has 0 radical (unpaired) electrons. The van der Waals surface area contributed by atoms with Crippen molar-refractivity contribution in [2.75, 3.05) is 13.2 Å². The molecule has 1 aromatic heterocycles. The van der Waals surface area contributed by atoms with Crippen LogP contribution in [0.3, 0.4) is 0 Å². The molecule has 4 rings (SSSR count). The molecular weight excluding hydrogens is 196 g/mol. The summed E-state index contributed by atoms with van der Waals surface area (Å²) in [5.41, 5.74) is 3.14. The van der Waals surface area contributed by atoms with Gasteiger partial charge in [-0.1, -0.05) is 0 Å². The van der Waals surface area contributed by atoms with E-state index in [1.807, 2.05) is 5.51 Å². The van der Waals surface area contributed by atoms with Gasteiger partial charge in [0.25, 0.3) is 0 Å². The van der Waals surface area contributed by atoms with Crippen LogP contribution in [0.1, 0.15) is 18.5 Å². The third kappa shape index (κ3) is 1.14. The van der Waals surface area contributed by atoms with E-state index in [-0.39, 0.29) is 5.54 Å². The quantitative estimate of drug-likeness (QED) is 0.811. The second-order valence-corrected chi connectivity index (χ2v) is 5.24. The molecule has 0 unspecified atom stereocenters. The van der Waals surface area contributed by atoms with Crippen LogP contribution in [-0.2, 0) is 6.54 Å². The summed E-state index contributed by atoms with van der Waals surface area (Å²) in [7, 11) is 0. The molecule has 2 aliphatic heterocycles. The van der Waals surface area contributed by atoms with Crippen molar-refractivity contribution in [1.82, 2.24) is 9.88 Å². The fourth-order valence-electron chi connectivity index (χ4n) is 2.88. The molecule has 3 aliphatic rings. The van der Waals surface area contributed by atoms with Gasteiger partial charge in [-0.2, -0.15) is 0 Å². The molecular formula is C10H14N2OS. The van der Waals surface area contributed by atoms with Crippen LogP contribution in [0, 0.1) is 5.92 Å². The van der Waals surface area contributed by atoms with Crippen molar-refractivity contribution in [2.24, 2.45) is 5.92 Å². The molecule has 0 amide bonds. The van der Waals surface area contributed by atoms with Crippen LogP contribution in [0.2, 0.25) is 0 Å². The van der Waals surface area contributed by atoms with Crippen molar-refractivity contribution in [1.29, 1.82) is 0 Å². The predicted molar refractivity (Wildman–Crippen MR) is 55.1 cm³/mol. The maximum absolute atomic E-state index is 9.40. The highest BCUT2D eigenvalue weighted by Gasteiger charge is 2.55. The lowest BCUT2D eigenvalue weighted by atomic mass is 9.74. The minimum absolute atomic E-state index is 0.119. The summed E-state index contributed by atoms with van der Waals surface area (Å²) in [5.74, 6) is 0.834. The Morgan fingerprint density at radius 3 is 3.14 bits per heavy atom.